The van der Waals surface area contributed by atoms with Gasteiger partial charge in [-0.15, -0.1) is 11.8 Å². The molecule has 2 heterocycles. The Labute approximate surface area is 205 Å². The molecular formula is C24H32N2O3S3. The standard InChI is InChI=1S/C24H32N2O3S3/c27-24(28)11-7-2-1-6-10-18-19(21-13-12-20(18)29-21)14-25-22(30)15-26-23(31)16-32-17-8-4-3-5-9-17/h1,3-6,8-9,18-21H,2,7,10-16H2,(H,25,30)(H,26,31)(H,27,28)/t18-,19+,20-,21+/m0/s1. The van der Waals surface area contributed by atoms with Gasteiger partial charge in [-0.3, -0.25) is 4.79 Å². The first-order chi connectivity index (χ1) is 15.5. The molecule has 5 nitrogen and oxygen atoms in total. The fourth-order valence-corrected chi connectivity index (χ4v) is 5.57. The van der Waals surface area contributed by atoms with Crippen LogP contribution in [0.4, 0.5) is 0 Å². The maximum Gasteiger partial charge on any atom is 0.303 e. The van der Waals surface area contributed by atoms with E-state index in [1.165, 1.54) is 4.90 Å². The summed E-state index contributed by atoms with van der Waals surface area (Å²) in [5, 5.41) is 15.4. The Balaban J connectivity index is 1.34. The maximum absolute atomic E-state index is 10.6. The van der Waals surface area contributed by atoms with Crippen molar-refractivity contribution < 1.29 is 14.6 Å². The SMILES string of the molecule is O=C(O)CCCC=CC[C@H]1[C@@H](CNC(=S)CNC(=S)CSc2ccccc2)[C@H]2CC[C@@H]1O2. The highest BCUT2D eigenvalue weighted by molar-refractivity contribution is 8.01. The number of nitrogens with one attached hydrogen (secondary N) is 2. The van der Waals surface area contributed by atoms with Crippen LogP contribution in [-0.2, 0) is 9.53 Å². The molecule has 4 atom stereocenters. The lowest BCUT2D eigenvalue weighted by Crippen LogP contribution is -2.41. The number of aliphatic carboxylic acids is 1. The first kappa shape index (κ1) is 25.1. The Hall–Kier alpha value is -1.48. The summed E-state index contributed by atoms with van der Waals surface area (Å²) in [4.78, 5) is 13.4. The van der Waals surface area contributed by atoms with Crippen LogP contribution in [-0.4, -0.2) is 52.1 Å². The number of carbonyl (C=O) groups is 1. The molecule has 0 amide bonds. The quantitative estimate of drug-likeness (QED) is 0.160. The number of carboxylic acid groups (broad SMARTS) is 1. The number of hydrogen-bond acceptors (Lipinski definition) is 5. The lowest BCUT2D eigenvalue weighted by atomic mass is 9.77. The summed E-state index contributed by atoms with van der Waals surface area (Å²) in [6.45, 7) is 1.38. The van der Waals surface area contributed by atoms with Gasteiger partial charge in [0, 0.05) is 29.5 Å². The summed E-state index contributed by atoms with van der Waals surface area (Å²) in [5.74, 6) is 0.961. The molecule has 3 N–H and O–H groups in total. The Morgan fingerprint density at radius 3 is 2.59 bits per heavy atom. The van der Waals surface area contributed by atoms with E-state index in [1.54, 1.807) is 11.8 Å². The van der Waals surface area contributed by atoms with Gasteiger partial charge >= 0.3 is 5.97 Å². The van der Waals surface area contributed by atoms with E-state index in [1.807, 2.05) is 18.2 Å². The molecular weight excluding hydrogens is 460 g/mol. The van der Waals surface area contributed by atoms with Crippen LogP contribution in [0.5, 0.6) is 0 Å². The predicted molar refractivity (Wildman–Crippen MR) is 138 cm³/mol. The summed E-state index contributed by atoms with van der Waals surface area (Å²) in [7, 11) is 0. The van der Waals surface area contributed by atoms with E-state index in [9.17, 15) is 4.79 Å². The molecule has 0 radical (unpaired) electrons. The molecule has 0 unspecified atom stereocenters. The van der Waals surface area contributed by atoms with Gasteiger partial charge in [-0.05, 0) is 50.2 Å². The number of thioether (sulfide) groups is 1. The molecule has 2 bridgehead atoms. The Morgan fingerprint density at radius 2 is 1.84 bits per heavy atom. The van der Waals surface area contributed by atoms with Crippen molar-refractivity contribution in [3.05, 3.63) is 42.5 Å². The smallest absolute Gasteiger partial charge is 0.303 e. The third-order valence-electron chi connectivity index (χ3n) is 6.02. The second-order valence-corrected chi connectivity index (χ2v) is 10.3. The van der Waals surface area contributed by atoms with Crippen LogP contribution in [0.2, 0.25) is 0 Å². The van der Waals surface area contributed by atoms with Crippen molar-refractivity contribution in [2.75, 3.05) is 18.8 Å². The number of thiocarbonyl (C=S) groups is 2. The van der Waals surface area contributed by atoms with Crippen molar-refractivity contribution in [1.82, 2.24) is 10.6 Å². The van der Waals surface area contributed by atoms with Crippen molar-refractivity contribution in [1.29, 1.82) is 0 Å². The van der Waals surface area contributed by atoms with Gasteiger partial charge in [0.1, 0.15) is 0 Å². The number of hydrogen-bond donors (Lipinski definition) is 3. The van der Waals surface area contributed by atoms with Gasteiger partial charge in [-0.25, -0.2) is 0 Å². The van der Waals surface area contributed by atoms with Crippen molar-refractivity contribution >= 4 is 52.1 Å². The summed E-state index contributed by atoms with van der Waals surface area (Å²) >= 11 is 12.7. The topological polar surface area (TPSA) is 70.6 Å². The Bertz CT molecular complexity index is 803. The molecule has 0 spiro atoms. The summed E-state index contributed by atoms with van der Waals surface area (Å²) in [5.41, 5.74) is 0. The van der Waals surface area contributed by atoms with E-state index in [2.05, 4.69) is 34.9 Å². The van der Waals surface area contributed by atoms with Crippen LogP contribution >= 0.6 is 36.2 Å². The summed E-state index contributed by atoms with van der Waals surface area (Å²) in [6.07, 6.45) is 9.95. The number of ether oxygens (including phenoxy) is 1. The zero-order valence-corrected chi connectivity index (χ0v) is 20.7. The van der Waals surface area contributed by atoms with E-state index in [4.69, 9.17) is 34.3 Å². The third-order valence-corrected chi connectivity index (χ3v) is 7.82. The van der Waals surface area contributed by atoms with Gasteiger partial charge in [-0.1, -0.05) is 54.8 Å². The zero-order valence-electron chi connectivity index (χ0n) is 18.2. The van der Waals surface area contributed by atoms with Gasteiger partial charge in [0.25, 0.3) is 0 Å². The average molecular weight is 493 g/mol. The second kappa shape index (κ2) is 13.3. The highest BCUT2D eigenvalue weighted by atomic mass is 32.2. The molecule has 3 rings (SSSR count). The van der Waals surface area contributed by atoms with Crippen molar-refractivity contribution in [3.8, 4) is 0 Å². The minimum Gasteiger partial charge on any atom is -0.481 e. The monoisotopic (exact) mass is 492 g/mol. The van der Waals surface area contributed by atoms with E-state index in [0.717, 1.165) is 48.0 Å². The van der Waals surface area contributed by atoms with E-state index >= 15 is 0 Å². The van der Waals surface area contributed by atoms with Gasteiger partial charge in [0.2, 0.25) is 0 Å². The average Bonchev–Trinajstić information content (AvgIpc) is 3.39. The number of unbranched alkanes of at least 4 members (excludes halogenated alkanes) is 1. The van der Waals surface area contributed by atoms with Crippen LogP contribution in [0.25, 0.3) is 0 Å². The van der Waals surface area contributed by atoms with Gasteiger partial charge in [0.05, 0.1) is 28.7 Å². The lowest BCUT2D eigenvalue weighted by molar-refractivity contribution is -0.137. The lowest BCUT2D eigenvalue weighted by Gasteiger charge is -2.28. The molecule has 32 heavy (non-hydrogen) atoms. The maximum atomic E-state index is 10.6. The normalized spacial score (nSPS) is 24.0. The molecule has 174 valence electrons. The van der Waals surface area contributed by atoms with Gasteiger partial charge < -0.3 is 20.5 Å². The molecule has 2 saturated heterocycles. The Kier molecular flexibility index (Phi) is 10.4. The second-order valence-electron chi connectivity index (χ2n) is 8.29. The van der Waals surface area contributed by atoms with Gasteiger partial charge in [0.15, 0.2) is 0 Å². The molecule has 8 heteroatoms. The molecule has 2 fully saturated rings. The molecule has 2 aliphatic rings. The number of benzene rings is 1. The van der Waals surface area contributed by atoms with Crippen molar-refractivity contribution in [3.63, 3.8) is 0 Å². The largest absolute Gasteiger partial charge is 0.481 e. The first-order valence-electron chi connectivity index (χ1n) is 11.3. The van der Waals surface area contributed by atoms with Crippen LogP contribution in [0.1, 0.15) is 38.5 Å². The fourth-order valence-electron chi connectivity index (χ4n) is 4.41. The first-order valence-corrected chi connectivity index (χ1v) is 13.1. The fraction of sp³-hybridized carbons (Fsp3) is 0.542. The minimum atomic E-state index is -0.729. The highest BCUT2D eigenvalue weighted by Gasteiger charge is 2.47. The minimum absolute atomic E-state index is 0.230. The molecule has 1 aromatic rings. The van der Waals surface area contributed by atoms with E-state index in [0.29, 0.717) is 37.0 Å². The number of fused-ring (bicyclic) bond motifs is 2. The molecule has 0 aliphatic carbocycles. The number of carboxylic acids is 1. The van der Waals surface area contributed by atoms with E-state index in [-0.39, 0.29) is 6.42 Å². The predicted octanol–water partition coefficient (Wildman–Crippen LogP) is 4.61. The summed E-state index contributed by atoms with van der Waals surface area (Å²) < 4.78 is 6.18. The van der Waals surface area contributed by atoms with Crippen LogP contribution in [0.3, 0.4) is 0 Å². The van der Waals surface area contributed by atoms with Crippen molar-refractivity contribution in [2.24, 2.45) is 11.8 Å². The van der Waals surface area contributed by atoms with Crippen molar-refractivity contribution in [2.45, 2.75) is 55.6 Å². The molecule has 2 aliphatic heterocycles. The zero-order chi connectivity index (χ0) is 22.8. The molecule has 0 saturated carbocycles. The summed E-state index contributed by atoms with van der Waals surface area (Å²) in [6, 6.07) is 10.2. The van der Waals surface area contributed by atoms with Crippen LogP contribution < -0.4 is 10.6 Å². The number of allylic oxidation sites excluding steroid dienone is 2. The number of rotatable bonds is 13. The van der Waals surface area contributed by atoms with Crippen LogP contribution in [0.15, 0.2) is 47.4 Å². The highest BCUT2D eigenvalue weighted by Crippen LogP contribution is 2.44. The van der Waals surface area contributed by atoms with E-state index < -0.39 is 5.97 Å². The molecule has 1 aromatic carbocycles. The Morgan fingerprint density at radius 1 is 1.09 bits per heavy atom. The molecule has 0 aromatic heterocycles. The third kappa shape index (κ3) is 8.14. The van der Waals surface area contributed by atoms with Gasteiger partial charge in [-0.2, -0.15) is 0 Å². The van der Waals surface area contributed by atoms with Crippen LogP contribution in [0, 0.1) is 11.8 Å².